The van der Waals surface area contributed by atoms with E-state index in [2.05, 4.69) is 28.1 Å². The van der Waals surface area contributed by atoms with Crippen molar-refractivity contribution in [2.24, 2.45) is 0 Å². The van der Waals surface area contributed by atoms with Gasteiger partial charge in [0.2, 0.25) is 0 Å². The molecule has 0 saturated carbocycles. The van der Waals surface area contributed by atoms with Gasteiger partial charge in [-0.15, -0.1) is 0 Å². The Hall–Kier alpha value is -2.95. The van der Waals surface area contributed by atoms with Crippen molar-refractivity contribution in [1.29, 1.82) is 5.26 Å². The molecule has 1 aromatic heterocycles. The van der Waals surface area contributed by atoms with Crippen molar-refractivity contribution in [2.45, 2.75) is 10.9 Å². The number of benzene rings is 2. The minimum Gasteiger partial charge on any atom is -0.378 e. The number of rotatable bonds is 5. The molecule has 0 bridgehead atoms. The molecule has 0 amide bonds. The number of aromatic nitrogens is 2. The van der Waals surface area contributed by atoms with E-state index < -0.39 is 0 Å². The molecule has 0 atom stereocenters. The van der Waals surface area contributed by atoms with E-state index in [1.165, 1.54) is 29.5 Å². The topological polar surface area (TPSA) is 62.0 Å². The highest BCUT2D eigenvalue weighted by molar-refractivity contribution is 7.98. The van der Waals surface area contributed by atoms with Crippen LogP contribution in [0.5, 0.6) is 0 Å². The van der Waals surface area contributed by atoms with Gasteiger partial charge in [-0.05, 0) is 29.8 Å². The summed E-state index contributed by atoms with van der Waals surface area (Å²) in [7, 11) is 0. The van der Waals surface area contributed by atoms with E-state index in [4.69, 9.17) is 9.72 Å². The molecular formula is C22H19FN4OS. The number of morpholine rings is 1. The molecule has 7 heteroatoms. The third-order valence-corrected chi connectivity index (χ3v) is 5.54. The lowest BCUT2D eigenvalue weighted by molar-refractivity contribution is 0.122. The van der Waals surface area contributed by atoms with Crippen LogP contribution in [0.25, 0.3) is 11.3 Å². The van der Waals surface area contributed by atoms with Crippen molar-refractivity contribution in [1.82, 2.24) is 9.97 Å². The number of hydrogen-bond acceptors (Lipinski definition) is 6. The van der Waals surface area contributed by atoms with Crippen molar-refractivity contribution >= 4 is 17.6 Å². The van der Waals surface area contributed by atoms with Gasteiger partial charge in [0.1, 0.15) is 17.4 Å². The molecule has 1 saturated heterocycles. The van der Waals surface area contributed by atoms with Crippen LogP contribution in [0.4, 0.5) is 10.2 Å². The van der Waals surface area contributed by atoms with Crippen molar-refractivity contribution in [3.8, 4) is 17.3 Å². The molecule has 1 aliphatic heterocycles. The maximum Gasteiger partial charge on any atom is 0.190 e. The van der Waals surface area contributed by atoms with E-state index in [0.29, 0.717) is 54.1 Å². The third kappa shape index (κ3) is 4.56. The Morgan fingerprint density at radius 3 is 2.45 bits per heavy atom. The molecule has 2 aromatic carbocycles. The summed E-state index contributed by atoms with van der Waals surface area (Å²) in [5.41, 5.74) is 2.80. The first-order chi connectivity index (χ1) is 14.2. The van der Waals surface area contributed by atoms with E-state index in [-0.39, 0.29) is 5.82 Å². The van der Waals surface area contributed by atoms with Gasteiger partial charge in [-0.25, -0.2) is 14.4 Å². The molecule has 1 aliphatic rings. The number of thioether (sulfide) groups is 1. The lowest BCUT2D eigenvalue weighted by Crippen LogP contribution is -2.37. The molecule has 3 aromatic rings. The molecule has 146 valence electrons. The molecule has 29 heavy (non-hydrogen) atoms. The Morgan fingerprint density at radius 2 is 1.76 bits per heavy atom. The van der Waals surface area contributed by atoms with Crippen molar-refractivity contribution in [3.63, 3.8) is 0 Å². The Bertz CT molecular complexity index is 1020. The normalized spacial score (nSPS) is 13.9. The first-order valence-electron chi connectivity index (χ1n) is 9.32. The predicted octanol–water partition coefficient (Wildman–Crippen LogP) is 4.28. The standard InChI is InChI=1S/C22H19FN4OS/c23-18-8-6-17(7-9-18)20-19(14-24)21(27-10-12-28-13-11-27)26-22(25-20)29-15-16-4-2-1-3-5-16/h1-9H,10-13,15H2. The highest BCUT2D eigenvalue weighted by Crippen LogP contribution is 2.32. The van der Waals surface area contributed by atoms with E-state index in [9.17, 15) is 9.65 Å². The maximum atomic E-state index is 13.4. The third-order valence-electron chi connectivity index (χ3n) is 4.62. The largest absolute Gasteiger partial charge is 0.378 e. The van der Waals surface area contributed by atoms with Gasteiger partial charge in [0.25, 0.3) is 0 Å². The van der Waals surface area contributed by atoms with E-state index >= 15 is 0 Å². The quantitative estimate of drug-likeness (QED) is 0.465. The highest BCUT2D eigenvalue weighted by Gasteiger charge is 2.22. The fraction of sp³-hybridized carbons (Fsp3) is 0.227. The van der Waals surface area contributed by atoms with Gasteiger partial charge >= 0.3 is 0 Å². The predicted molar refractivity (Wildman–Crippen MR) is 111 cm³/mol. The van der Waals surface area contributed by atoms with Crippen LogP contribution in [0.15, 0.2) is 59.8 Å². The first-order valence-corrected chi connectivity index (χ1v) is 10.3. The highest BCUT2D eigenvalue weighted by atomic mass is 32.2. The van der Waals surface area contributed by atoms with Crippen LogP contribution in [0.2, 0.25) is 0 Å². The summed E-state index contributed by atoms with van der Waals surface area (Å²) in [6.07, 6.45) is 0. The lowest BCUT2D eigenvalue weighted by atomic mass is 10.1. The molecule has 0 unspecified atom stereocenters. The zero-order chi connectivity index (χ0) is 20.1. The van der Waals surface area contributed by atoms with E-state index in [1.54, 1.807) is 12.1 Å². The van der Waals surface area contributed by atoms with Gasteiger partial charge in [-0.1, -0.05) is 42.1 Å². The zero-order valence-electron chi connectivity index (χ0n) is 15.7. The van der Waals surface area contributed by atoms with Crippen molar-refractivity contribution in [3.05, 3.63) is 71.5 Å². The molecule has 0 spiro atoms. The maximum absolute atomic E-state index is 13.4. The number of nitrogens with zero attached hydrogens (tertiary/aromatic N) is 4. The molecule has 4 rings (SSSR count). The van der Waals surface area contributed by atoms with Crippen LogP contribution in [0.1, 0.15) is 11.1 Å². The van der Waals surface area contributed by atoms with Gasteiger partial charge in [0, 0.05) is 24.4 Å². The van der Waals surface area contributed by atoms with Crippen LogP contribution in [-0.4, -0.2) is 36.3 Å². The number of nitriles is 1. The minimum absolute atomic E-state index is 0.326. The molecular weight excluding hydrogens is 387 g/mol. The number of ether oxygens (including phenoxy) is 1. The van der Waals surface area contributed by atoms with Crippen LogP contribution >= 0.6 is 11.8 Å². The Morgan fingerprint density at radius 1 is 1.03 bits per heavy atom. The second-order valence-electron chi connectivity index (χ2n) is 6.55. The summed E-state index contributed by atoms with van der Waals surface area (Å²) in [4.78, 5) is 11.4. The van der Waals surface area contributed by atoms with Crippen LogP contribution in [0, 0.1) is 17.1 Å². The summed E-state index contributed by atoms with van der Waals surface area (Å²) >= 11 is 1.52. The van der Waals surface area contributed by atoms with E-state index in [0.717, 1.165) is 5.75 Å². The van der Waals surface area contributed by atoms with Crippen LogP contribution < -0.4 is 4.90 Å². The van der Waals surface area contributed by atoms with Gasteiger partial charge in [-0.3, -0.25) is 0 Å². The van der Waals surface area contributed by atoms with Crippen LogP contribution in [0.3, 0.4) is 0 Å². The fourth-order valence-corrected chi connectivity index (χ4v) is 3.93. The van der Waals surface area contributed by atoms with Gasteiger partial charge < -0.3 is 9.64 Å². The number of hydrogen-bond donors (Lipinski definition) is 0. The molecule has 2 heterocycles. The number of anilines is 1. The number of halogens is 1. The fourth-order valence-electron chi connectivity index (χ4n) is 3.14. The molecule has 0 aliphatic carbocycles. The molecule has 0 N–H and O–H groups in total. The molecule has 5 nitrogen and oxygen atoms in total. The average Bonchev–Trinajstić information content (AvgIpc) is 2.79. The molecule has 1 fully saturated rings. The second kappa shape index (κ2) is 9.03. The average molecular weight is 406 g/mol. The van der Waals surface area contributed by atoms with E-state index in [1.807, 2.05) is 18.2 Å². The lowest BCUT2D eigenvalue weighted by Gasteiger charge is -2.29. The summed E-state index contributed by atoms with van der Waals surface area (Å²) in [5.74, 6) is 1.01. The van der Waals surface area contributed by atoms with Gasteiger partial charge in [0.05, 0.1) is 18.9 Å². The van der Waals surface area contributed by atoms with Gasteiger partial charge in [-0.2, -0.15) is 5.26 Å². The Labute approximate surface area is 173 Å². The summed E-state index contributed by atoms with van der Waals surface area (Å²) < 4.78 is 18.9. The SMILES string of the molecule is N#Cc1c(-c2ccc(F)cc2)nc(SCc2ccccc2)nc1N1CCOCC1. The van der Waals surface area contributed by atoms with Crippen molar-refractivity contribution in [2.75, 3.05) is 31.2 Å². The summed E-state index contributed by atoms with van der Waals surface area (Å²) in [6.45, 7) is 2.51. The van der Waals surface area contributed by atoms with Crippen LogP contribution in [-0.2, 0) is 10.5 Å². The first kappa shape index (κ1) is 19.4. The minimum atomic E-state index is -0.326. The smallest absolute Gasteiger partial charge is 0.190 e. The summed E-state index contributed by atoms with van der Waals surface area (Å²) in [5, 5.41) is 10.5. The second-order valence-corrected chi connectivity index (χ2v) is 7.49. The summed E-state index contributed by atoms with van der Waals surface area (Å²) in [6, 6.07) is 18.4. The zero-order valence-corrected chi connectivity index (χ0v) is 16.5. The Balaban J connectivity index is 1.75. The molecule has 0 radical (unpaired) electrons. The van der Waals surface area contributed by atoms with Gasteiger partial charge in [0.15, 0.2) is 11.0 Å². The van der Waals surface area contributed by atoms with Crippen molar-refractivity contribution < 1.29 is 9.13 Å². The monoisotopic (exact) mass is 406 g/mol. The Kier molecular flexibility index (Phi) is 6.03.